The van der Waals surface area contributed by atoms with E-state index in [2.05, 4.69) is 27.6 Å². The van der Waals surface area contributed by atoms with Crippen molar-refractivity contribution in [3.8, 4) is 0 Å². The molecule has 0 aliphatic carbocycles. The number of hydrogen-bond donors (Lipinski definition) is 1. The van der Waals surface area contributed by atoms with Crippen LogP contribution in [-0.2, 0) is 6.42 Å². The molecule has 2 rings (SSSR count). The second kappa shape index (κ2) is 3.80. The number of benzene rings is 1. The minimum absolute atomic E-state index is 0.185. The molecule has 0 aliphatic rings. The molecule has 2 aromatic rings. The van der Waals surface area contributed by atoms with E-state index in [9.17, 15) is 4.79 Å². The van der Waals surface area contributed by atoms with Crippen molar-refractivity contribution in [1.29, 1.82) is 0 Å². The number of aryl methyl sites for hydroxylation is 1. The summed E-state index contributed by atoms with van der Waals surface area (Å²) < 4.78 is 2.13. The first kappa shape index (κ1) is 10.4. The van der Waals surface area contributed by atoms with Crippen LogP contribution in [0.2, 0.25) is 0 Å². The van der Waals surface area contributed by atoms with Crippen molar-refractivity contribution in [3.63, 3.8) is 0 Å². The van der Waals surface area contributed by atoms with Gasteiger partial charge in [0, 0.05) is 9.99 Å². The number of fused-ring (bicyclic) bond motifs is 1. The molecule has 0 atom stereocenters. The highest BCUT2D eigenvalue weighted by atomic mass is 127. The molecule has 1 heterocycles. The van der Waals surface area contributed by atoms with Crippen molar-refractivity contribution >= 4 is 33.5 Å². The van der Waals surface area contributed by atoms with Crippen LogP contribution in [0.15, 0.2) is 23.0 Å². The maximum absolute atomic E-state index is 11.9. The number of aromatic nitrogens is 2. The number of nitrogens with zero attached hydrogens (tertiary/aromatic N) is 2. The number of rotatable bonds is 1. The van der Waals surface area contributed by atoms with Crippen LogP contribution in [0.4, 0.5) is 0 Å². The lowest BCUT2D eigenvalue weighted by Crippen LogP contribution is -2.31. The third-order valence-electron chi connectivity index (χ3n) is 2.25. The standard InChI is InChI=1S/C10H10IN3O/c1-2-9-13-8-4-3-6(11)5-7(8)10(15)14(9)12/h3-5H,2,12H2,1H3. The van der Waals surface area contributed by atoms with Gasteiger partial charge < -0.3 is 5.84 Å². The highest BCUT2D eigenvalue weighted by molar-refractivity contribution is 14.1. The molecule has 0 fully saturated rings. The summed E-state index contributed by atoms with van der Waals surface area (Å²) in [6.45, 7) is 1.92. The molecular weight excluding hydrogens is 305 g/mol. The van der Waals surface area contributed by atoms with Gasteiger partial charge in [-0.15, -0.1) is 0 Å². The predicted octanol–water partition coefficient (Wildman–Crippen LogP) is 1.28. The van der Waals surface area contributed by atoms with Gasteiger partial charge in [0.1, 0.15) is 5.82 Å². The molecule has 15 heavy (non-hydrogen) atoms. The first-order valence-electron chi connectivity index (χ1n) is 4.59. The van der Waals surface area contributed by atoms with Crippen LogP contribution in [-0.4, -0.2) is 9.66 Å². The summed E-state index contributed by atoms with van der Waals surface area (Å²) in [6, 6.07) is 5.57. The lowest BCUT2D eigenvalue weighted by molar-refractivity contribution is 0.800. The average molecular weight is 315 g/mol. The molecule has 5 heteroatoms. The SMILES string of the molecule is CCc1nc2ccc(I)cc2c(=O)n1N. The second-order valence-electron chi connectivity index (χ2n) is 3.22. The van der Waals surface area contributed by atoms with Crippen LogP contribution in [0.25, 0.3) is 10.9 Å². The molecule has 0 bridgehead atoms. The zero-order valence-electron chi connectivity index (χ0n) is 8.20. The van der Waals surface area contributed by atoms with Crippen molar-refractivity contribution in [2.75, 3.05) is 5.84 Å². The number of hydrogen-bond acceptors (Lipinski definition) is 3. The van der Waals surface area contributed by atoms with E-state index in [0.717, 1.165) is 8.25 Å². The van der Waals surface area contributed by atoms with E-state index in [4.69, 9.17) is 5.84 Å². The minimum atomic E-state index is -0.185. The zero-order valence-corrected chi connectivity index (χ0v) is 10.4. The highest BCUT2D eigenvalue weighted by Gasteiger charge is 2.07. The Morgan fingerprint density at radius 2 is 2.27 bits per heavy atom. The van der Waals surface area contributed by atoms with Gasteiger partial charge in [-0.25, -0.2) is 9.66 Å². The lowest BCUT2D eigenvalue weighted by Gasteiger charge is -2.06. The topological polar surface area (TPSA) is 60.9 Å². The minimum Gasteiger partial charge on any atom is -0.335 e. The van der Waals surface area contributed by atoms with E-state index >= 15 is 0 Å². The van der Waals surface area contributed by atoms with E-state index in [0.29, 0.717) is 23.1 Å². The molecular formula is C10H10IN3O. The van der Waals surface area contributed by atoms with Gasteiger partial charge in [-0.1, -0.05) is 6.92 Å². The Morgan fingerprint density at radius 3 is 2.93 bits per heavy atom. The molecule has 0 radical (unpaired) electrons. The highest BCUT2D eigenvalue weighted by Crippen LogP contribution is 2.12. The van der Waals surface area contributed by atoms with Gasteiger partial charge in [-0.3, -0.25) is 4.79 Å². The number of halogens is 1. The van der Waals surface area contributed by atoms with Gasteiger partial charge in [0.15, 0.2) is 0 Å². The molecule has 1 aromatic carbocycles. The third kappa shape index (κ3) is 1.71. The fourth-order valence-corrected chi connectivity index (χ4v) is 1.96. The predicted molar refractivity (Wildman–Crippen MR) is 68.2 cm³/mol. The van der Waals surface area contributed by atoms with Gasteiger partial charge in [0.25, 0.3) is 5.56 Å². The molecule has 78 valence electrons. The van der Waals surface area contributed by atoms with Crippen LogP contribution in [0.1, 0.15) is 12.7 Å². The largest absolute Gasteiger partial charge is 0.335 e. The third-order valence-corrected chi connectivity index (χ3v) is 2.92. The zero-order chi connectivity index (χ0) is 11.0. The fourth-order valence-electron chi connectivity index (χ4n) is 1.47. The Labute approximate surface area is 100 Å². The molecule has 4 nitrogen and oxygen atoms in total. The van der Waals surface area contributed by atoms with Crippen LogP contribution in [0.5, 0.6) is 0 Å². The van der Waals surface area contributed by atoms with Crippen LogP contribution < -0.4 is 11.4 Å². The van der Waals surface area contributed by atoms with Crippen LogP contribution in [0, 0.1) is 3.57 Å². The number of nitrogen functional groups attached to an aromatic ring is 1. The Hall–Kier alpha value is -1.11. The van der Waals surface area contributed by atoms with Gasteiger partial charge >= 0.3 is 0 Å². The van der Waals surface area contributed by atoms with E-state index in [1.165, 1.54) is 0 Å². The van der Waals surface area contributed by atoms with Crippen molar-refractivity contribution in [3.05, 3.63) is 37.9 Å². The Kier molecular flexibility index (Phi) is 2.64. The molecule has 2 N–H and O–H groups in total. The summed E-state index contributed by atoms with van der Waals surface area (Å²) >= 11 is 2.16. The fraction of sp³-hybridized carbons (Fsp3) is 0.200. The van der Waals surface area contributed by atoms with Crippen molar-refractivity contribution in [2.24, 2.45) is 0 Å². The summed E-state index contributed by atoms with van der Waals surface area (Å²) in [4.78, 5) is 16.2. The van der Waals surface area contributed by atoms with Gasteiger partial charge in [0.05, 0.1) is 10.9 Å². The monoisotopic (exact) mass is 315 g/mol. The van der Waals surface area contributed by atoms with E-state index < -0.39 is 0 Å². The molecule has 1 aromatic heterocycles. The maximum Gasteiger partial charge on any atom is 0.279 e. The maximum atomic E-state index is 11.9. The van der Waals surface area contributed by atoms with E-state index in [1.54, 1.807) is 6.07 Å². The molecule has 0 saturated heterocycles. The molecule has 0 amide bonds. The summed E-state index contributed by atoms with van der Waals surface area (Å²) in [5.41, 5.74) is 0.523. The Balaban J connectivity index is 2.91. The van der Waals surface area contributed by atoms with Crippen molar-refractivity contribution < 1.29 is 0 Å². The summed E-state index contributed by atoms with van der Waals surface area (Å²) in [5, 5.41) is 0.571. The molecule has 0 unspecified atom stereocenters. The van der Waals surface area contributed by atoms with Gasteiger partial charge in [-0.2, -0.15) is 0 Å². The van der Waals surface area contributed by atoms with Crippen molar-refractivity contribution in [2.45, 2.75) is 13.3 Å². The first-order chi connectivity index (χ1) is 7.13. The van der Waals surface area contributed by atoms with E-state index in [-0.39, 0.29) is 5.56 Å². The smallest absolute Gasteiger partial charge is 0.279 e. The Morgan fingerprint density at radius 1 is 1.53 bits per heavy atom. The van der Waals surface area contributed by atoms with Crippen LogP contribution >= 0.6 is 22.6 Å². The normalized spacial score (nSPS) is 10.8. The summed E-state index contributed by atoms with van der Waals surface area (Å²) in [6.07, 6.45) is 0.646. The molecule has 0 aliphatic heterocycles. The average Bonchev–Trinajstić information content (AvgIpc) is 2.24. The summed E-state index contributed by atoms with van der Waals surface area (Å²) in [7, 11) is 0. The quantitative estimate of drug-likeness (QED) is 0.637. The molecule has 0 spiro atoms. The van der Waals surface area contributed by atoms with Crippen LogP contribution in [0.3, 0.4) is 0 Å². The van der Waals surface area contributed by atoms with E-state index in [1.807, 2.05) is 19.1 Å². The summed E-state index contributed by atoms with van der Waals surface area (Å²) in [5.74, 6) is 6.25. The first-order valence-corrected chi connectivity index (χ1v) is 5.67. The Bertz CT molecular complexity index is 577. The number of nitrogens with two attached hydrogens (primary N) is 1. The van der Waals surface area contributed by atoms with Gasteiger partial charge in [-0.05, 0) is 40.8 Å². The lowest BCUT2D eigenvalue weighted by atomic mass is 10.2. The van der Waals surface area contributed by atoms with Crippen molar-refractivity contribution in [1.82, 2.24) is 9.66 Å². The molecule has 0 saturated carbocycles. The second-order valence-corrected chi connectivity index (χ2v) is 4.46. The van der Waals surface area contributed by atoms with Gasteiger partial charge in [0.2, 0.25) is 0 Å².